The number of benzene rings is 2. The van der Waals surface area contributed by atoms with Gasteiger partial charge in [-0.05, 0) is 80.8 Å². The minimum Gasteiger partial charge on any atom is -0.497 e. The molecule has 0 radical (unpaired) electrons. The fourth-order valence-electron chi connectivity index (χ4n) is 7.33. The molecule has 3 aliphatic rings. The van der Waals surface area contributed by atoms with Gasteiger partial charge in [0.2, 0.25) is 11.8 Å². The van der Waals surface area contributed by atoms with Gasteiger partial charge in [0.15, 0.2) is 0 Å². The van der Waals surface area contributed by atoms with E-state index in [0.29, 0.717) is 23.6 Å². The van der Waals surface area contributed by atoms with Crippen molar-refractivity contribution in [2.45, 2.75) is 96.0 Å². The quantitative estimate of drug-likeness (QED) is 0.256. The van der Waals surface area contributed by atoms with E-state index >= 15 is 0 Å². The van der Waals surface area contributed by atoms with Crippen molar-refractivity contribution < 1.29 is 33.8 Å². The monoisotopic (exact) mass is 738 g/mol. The average molecular weight is 739 g/mol. The summed E-state index contributed by atoms with van der Waals surface area (Å²) in [5.41, 5.74) is 0.700. The van der Waals surface area contributed by atoms with E-state index in [0.717, 1.165) is 29.5 Å². The lowest BCUT2D eigenvalue weighted by molar-refractivity contribution is -0.146. The highest BCUT2D eigenvalue weighted by Crippen LogP contribution is 2.45. The number of allylic oxidation sites excluding steroid dienone is 1. The number of aliphatic carboxylic acids is 1. The van der Waals surface area contributed by atoms with E-state index in [2.05, 4.69) is 29.4 Å². The van der Waals surface area contributed by atoms with Crippen molar-refractivity contribution >= 4 is 30.0 Å². The van der Waals surface area contributed by atoms with Gasteiger partial charge in [0.25, 0.3) is 0 Å². The number of ether oxygens (including phenoxy) is 2. The minimum absolute atomic E-state index is 0.0234. The van der Waals surface area contributed by atoms with Gasteiger partial charge in [-0.1, -0.05) is 57.2 Å². The second-order valence-corrected chi connectivity index (χ2v) is 16.2. The summed E-state index contributed by atoms with van der Waals surface area (Å²) in [6.07, 6.45) is 7.30. The van der Waals surface area contributed by atoms with Gasteiger partial charge in [-0.25, -0.2) is 9.59 Å². The lowest BCUT2D eigenvalue weighted by atomic mass is 9.85. The van der Waals surface area contributed by atoms with Crippen LogP contribution in [0.5, 0.6) is 5.75 Å². The molecule has 6 bridgehead atoms. The number of nitrogens with one attached hydrogen (secondary N) is 2. The molecule has 286 valence electrons. The first-order valence-electron chi connectivity index (χ1n) is 18.4. The Morgan fingerprint density at radius 1 is 1.09 bits per heavy atom. The molecule has 13 nitrogen and oxygen atoms in total. The van der Waals surface area contributed by atoms with Crippen LogP contribution < -0.4 is 15.4 Å². The lowest BCUT2D eigenvalue weighted by Crippen LogP contribution is -2.59. The highest BCUT2D eigenvalue weighted by atomic mass is 16.6. The summed E-state index contributed by atoms with van der Waals surface area (Å²) in [5, 5.41) is 25.7. The number of amides is 3. The van der Waals surface area contributed by atoms with Crippen LogP contribution in [-0.2, 0) is 19.1 Å². The second-order valence-electron chi connectivity index (χ2n) is 16.2. The number of alkyl carbamates (subject to hydrolysis) is 1. The Morgan fingerprint density at radius 3 is 2.43 bits per heavy atom. The third kappa shape index (κ3) is 7.90. The van der Waals surface area contributed by atoms with Crippen molar-refractivity contribution in [2.75, 3.05) is 13.7 Å². The molecule has 3 aromatic rings. The summed E-state index contributed by atoms with van der Waals surface area (Å²) in [6, 6.07) is 12.7. The predicted octanol–water partition coefficient (Wildman–Crippen LogP) is 6.02. The molecule has 6 rings (SSSR count). The molecule has 5 atom stereocenters. The predicted molar refractivity (Wildman–Crippen MR) is 203 cm³/mol. The molecule has 2 aliphatic heterocycles. The first-order valence-corrected chi connectivity index (χ1v) is 18.4. The molecule has 13 heteroatoms. The molecular weight excluding hydrogens is 688 g/mol. The summed E-state index contributed by atoms with van der Waals surface area (Å²) in [5.74, 6) is -2.06. The van der Waals surface area contributed by atoms with Crippen LogP contribution in [0.2, 0.25) is 0 Å². The zero-order valence-electron chi connectivity index (χ0n) is 31.8. The molecule has 0 unspecified atom stereocenters. The number of carboxylic acid groups (broad SMARTS) is 1. The van der Waals surface area contributed by atoms with Crippen LogP contribution in [0.3, 0.4) is 0 Å². The van der Waals surface area contributed by atoms with Gasteiger partial charge in [-0.15, -0.1) is 6.58 Å². The van der Waals surface area contributed by atoms with Crippen LogP contribution in [0.15, 0.2) is 67.3 Å². The standard InChI is InChI=1S/C41H50N6O7/c1-8-28-23-41(28,37(50)51)43-35(48)31-22-29-24-46(31)36(49)34(39(2,3)4)42-38(52)54-40(5,6)20-11-9-10-13-25-14-12-15-27(21-25)33-32(44-47(29)45-33)26-16-18-30(53-7)19-17-26/h8,10,12-19,21,28-29,31,34H,1,9,11,20,22-24H2,2-7H3,(H,42,52)(H,43,48)(H,50,51)/b13-10-/t28-,29-,31+,34-,41-/m1/s1. The maximum Gasteiger partial charge on any atom is 0.408 e. The van der Waals surface area contributed by atoms with Crippen molar-refractivity contribution in [3.05, 3.63) is 72.8 Å². The van der Waals surface area contributed by atoms with Gasteiger partial charge >= 0.3 is 12.1 Å². The van der Waals surface area contributed by atoms with Crippen LogP contribution in [0, 0.1) is 11.3 Å². The summed E-state index contributed by atoms with van der Waals surface area (Å²) in [4.78, 5) is 57.7. The number of carboxylic acids is 1. The van der Waals surface area contributed by atoms with Crippen molar-refractivity contribution in [1.82, 2.24) is 30.5 Å². The zero-order valence-corrected chi connectivity index (χ0v) is 31.8. The molecule has 0 spiro atoms. The zero-order chi connectivity index (χ0) is 39.0. The number of aromatic nitrogens is 3. The molecule has 1 aromatic heterocycles. The van der Waals surface area contributed by atoms with Crippen LogP contribution in [0.25, 0.3) is 28.6 Å². The summed E-state index contributed by atoms with van der Waals surface area (Å²) in [6.45, 7) is 12.9. The Bertz CT molecular complexity index is 1960. The van der Waals surface area contributed by atoms with E-state index in [1.807, 2.05) is 83.1 Å². The first kappa shape index (κ1) is 38.3. The van der Waals surface area contributed by atoms with Gasteiger partial charge in [0.1, 0.15) is 40.4 Å². The van der Waals surface area contributed by atoms with Crippen LogP contribution in [0.1, 0.15) is 78.3 Å². The van der Waals surface area contributed by atoms with Crippen LogP contribution in [-0.4, -0.2) is 85.8 Å². The van der Waals surface area contributed by atoms with Gasteiger partial charge < -0.3 is 30.1 Å². The Kier molecular flexibility index (Phi) is 10.5. The smallest absolute Gasteiger partial charge is 0.408 e. The molecule has 1 aliphatic carbocycles. The van der Waals surface area contributed by atoms with E-state index in [1.165, 1.54) is 11.0 Å². The largest absolute Gasteiger partial charge is 0.497 e. The molecule has 3 amide bonds. The van der Waals surface area contributed by atoms with E-state index in [4.69, 9.17) is 19.7 Å². The number of methoxy groups -OCH3 is 1. The Labute approximate surface area is 315 Å². The summed E-state index contributed by atoms with van der Waals surface area (Å²) >= 11 is 0. The van der Waals surface area contributed by atoms with E-state index in [-0.39, 0.29) is 19.4 Å². The number of nitrogens with zero attached hydrogens (tertiary/aromatic N) is 4. The highest BCUT2D eigenvalue weighted by molar-refractivity contribution is 5.96. The average Bonchev–Trinajstić information content (AvgIpc) is 3.42. The molecule has 3 heterocycles. The van der Waals surface area contributed by atoms with Crippen molar-refractivity contribution in [1.29, 1.82) is 0 Å². The number of hydrogen-bond acceptors (Lipinski definition) is 8. The topological polar surface area (TPSA) is 165 Å². The Morgan fingerprint density at radius 2 is 1.80 bits per heavy atom. The summed E-state index contributed by atoms with van der Waals surface area (Å²) in [7, 11) is 1.60. The Balaban J connectivity index is 1.46. The number of carbonyl (C=O) groups is 4. The number of fused-ring (bicyclic) bond motifs is 8. The fourth-order valence-corrected chi connectivity index (χ4v) is 7.33. The molecule has 2 fully saturated rings. The molecular formula is C41H50N6O7. The fraction of sp³-hybridized carbons (Fsp3) is 0.463. The maximum absolute atomic E-state index is 14.7. The van der Waals surface area contributed by atoms with E-state index in [1.54, 1.807) is 11.9 Å². The molecule has 2 aromatic carbocycles. The van der Waals surface area contributed by atoms with Gasteiger partial charge in [-0.2, -0.15) is 15.0 Å². The van der Waals surface area contributed by atoms with Crippen LogP contribution >= 0.6 is 0 Å². The van der Waals surface area contributed by atoms with Crippen molar-refractivity contribution in [2.24, 2.45) is 11.3 Å². The van der Waals surface area contributed by atoms with E-state index in [9.17, 15) is 24.3 Å². The van der Waals surface area contributed by atoms with Gasteiger partial charge in [0.05, 0.1) is 13.2 Å². The second kappa shape index (κ2) is 14.8. The van der Waals surface area contributed by atoms with Crippen molar-refractivity contribution in [3.63, 3.8) is 0 Å². The number of rotatable bonds is 6. The number of carbonyl (C=O) groups excluding carboxylic acids is 3. The highest BCUT2D eigenvalue weighted by Gasteiger charge is 2.61. The SMILES string of the molecule is C=C[C@@H]1C[C@]1(NC(=O)[C@@H]1C[C@@H]2CN1C(=O)[C@H](C(C)(C)C)NC(=O)OC(C)(C)CCC/C=C\c1cccc(c1)-c1nn2nc1-c1ccc(OC)cc1)C(=O)O. The van der Waals surface area contributed by atoms with Crippen LogP contribution in [0.4, 0.5) is 4.79 Å². The Hall–Kier alpha value is -5.46. The van der Waals surface area contributed by atoms with Gasteiger partial charge in [0, 0.05) is 30.0 Å². The number of cyclic esters (lactones) is 1. The molecule has 3 N–H and O–H groups in total. The molecule has 1 saturated carbocycles. The normalized spacial score (nSPS) is 26.1. The minimum atomic E-state index is -1.51. The molecule has 54 heavy (non-hydrogen) atoms. The van der Waals surface area contributed by atoms with Crippen molar-refractivity contribution in [3.8, 4) is 28.3 Å². The first-order chi connectivity index (χ1) is 25.5. The van der Waals surface area contributed by atoms with E-state index < -0.39 is 64.5 Å². The van der Waals surface area contributed by atoms with Gasteiger partial charge in [-0.3, -0.25) is 9.59 Å². The third-order valence-corrected chi connectivity index (χ3v) is 10.6. The third-order valence-electron chi connectivity index (χ3n) is 10.6. The molecule has 1 saturated heterocycles. The lowest BCUT2D eigenvalue weighted by Gasteiger charge is -2.36. The summed E-state index contributed by atoms with van der Waals surface area (Å²) < 4.78 is 11.3. The maximum atomic E-state index is 14.7. The number of hydrogen-bond donors (Lipinski definition) is 3.